The summed E-state index contributed by atoms with van der Waals surface area (Å²) < 4.78 is 24.4. The summed E-state index contributed by atoms with van der Waals surface area (Å²) in [5.74, 6) is -0.303. The van der Waals surface area contributed by atoms with Crippen LogP contribution in [0.1, 0.15) is 5.56 Å². The van der Waals surface area contributed by atoms with Crippen LogP contribution in [-0.2, 0) is 11.2 Å². The summed E-state index contributed by atoms with van der Waals surface area (Å²) in [4.78, 5) is 11.5. The van der Waals surface area contributed by atoms with E-state index in [1.54, 1.807) is 31.3 Å². The predicted octanol–water partition coefficient (Wildman–Crippen LogP) is 3.25. The monoisotopic (exact) mass is 396 g/mol. The van der Waals surface area contributed by atoms with Crippen LogP contribution < -0.4 is 16.0 Å². The average molecular weight is 397 g/mol. The van der Waals surface area contributed by atoms with Gasteiger partial charge in [-0.3, -0.25) is 13.9 Å². The minimum Gasteiger partial charge on any atom is -0.506 e. The van der Waals surface area contributed by atoms with Crippen LogP contribution in [0.4, 0.5) is 11.4 Å². The molecule has 2 aromatic rings. The van der Waals surface area contributed by atoms with Crippen molar-refractivity contribution in [3.63, 3.8) is 0 Å². The molecule has 0 aliphatic carbocycles. The molecule has 0 saturated heterocycles. The number of halogens is 1. The van der Waals surface area contributed by atoms with Gasteiger partial charge < -0.3 is 21.1 Å². The van der Waals surface area contributed by atoms with Gasteiger partial charge in [-0.25, -0.2) is 0 Å². The maximum Gasteiger partial charge on any atom is 0.224 e. The molecular weight excluding hydrogens is 380 g/mol. The second kappa shape index (κ2) is 7.04. The normalized spacial score (nSPS) is 15.9. The molecule has 0 saturated carbocycles. The van der Waals surface area contributed by atoms with Gasteiger partial charge in [0, 0.05) is 23.8 Å². The zero-order chi connectivity index (χ0) is 18.9. The lowest BCUT2D eigenvalue weighted by Gasteiger charge is -2.34. The van der Waals surface area contributed by atoms with E-state index in [1.165, 1.54) is 12.1 Å². The van der Waals surface area contributed by atoms with Gasteiger partial charge in [-0.2, -0.15) is 0 Å². The van der Waals surface area contributed by atoms with Gasteiger partial charge in [-0.15, -0.1) is 4.40 Å². The van der Waals surface area contributed by atoms with Crippen LogP contribution in [0.2, 0.25) is 5.02 Å². The van der Waals surface area contributed by atoms with E-state index in [0.29, 0.717) is 5.69 Å². The number of rotatable bonds is 3. The van der Waals surface area contributed by atoms with Crippen LogP contribution in [-0.4, -0.2) is 33.1 Å². The molecule has 2 aromatic carbocycles. The molecule has 1 heterocycles. The first kappa shape index (κ1) is 18.3. The molecule has 0 aromatic heterocycles. The first-order valence-electron chi connectivity index (χ1n) is 7.53. The number of amides is 1. The minimum absolute atomic E-state index is 0.0152. The molecule has 6 N–H and O–H groups in total. The van der Waals surface area contributed by atoms with E-state index < -0.39 is 10.8 Å². The van der Waals surface area contributed by atoms with Crippen LogP contribution in [0.5, 0.6) is 5.75 Å². The minimum atomic E-state index is -3.54. The summed E-state index contributed by atoms with van der Waals surface area (Å²) in [5, 5.41) is 18.5. The molecule has 138 valence electrons. The van der Waals surface area contributed by atoms with Crippen LogP contribution in [0.3, 0.4) is 0 Å². The zero-order valence-corrected chi connectivity index (χ0v) is 15.2. The Bertz CT molecular complexity index is 904. The summed E-state index contributed by atoms with van der Waals surface area (Å²) >= 11 is 5.85. The number of phenolic OH excluding ortho intramolecular Hbond substituents is 1. The van der Waals surface area contributed by atoms with E-state index in [-0.39, 0.29) is 39.6 Å². The lowest BCUT2D eigenvalue weighted by atomic mass is 10.1. The highest BCUT2D eigenvalue weighted by atomic mass is 35.5. The number of nitrogens with one attached hydrogen (secondary N) is 3. The number of hydrogen-bond acceptors (Lipinski definition) is 7. The quantitative estimate of drug-likeness (QED) is 0.442. The average Bonchev–Trinajstić information content (AvgIpc) is 2.56. The number of benzene rings is 2. The number of likely N-dealkylation sites (N-methyl/N-ethyl adjacent to an activating group) is 1. The Labute approximate surface area is 156 Å². The third kappa shape index (κ3) is 3.86. The van der Waals surface area contributed by atoms with E-state index in [4.69, 9.17) is 11.6 Å². The number of guanidine groups is 1. The number of nitrogens with zero attached hydrogens (tertiary/aromatic N) is 1. The van der Waals surface area contributed by atoms with E-state index in [0.717, 1.165) is 5.56 Å². The van der Waals surface area contributed by atoms with Crippen LogP contribution in [0.15, 0.2) is 45.7 Å². The van der Waals surface area contributed by atoms with Gasteiger partial charge in [0.25, 0.3) is 0 Å². The fourth-order valence-electron chi connectivity index (χ4n) is 2.45. The van der Waals surface area contributed by atoms with Crippen molar-refractivity contribution in [2.24, 2.45) is 4.40 Å². The molecule has 0 bridgehead atoms. The van der Waals surface area contributed by atoms with Gasteiger partial charge >= 0.3 is 0 Å². The van der Waals surface area contributed by atoms with E-state index in [1.807, 2.05) is 0 Å². The highest BCUT2D eigenvalue weighted by molar-refractivity contribution is 8.23. The molecule has 0 atom stereocenters. The number of carbonyl (C=O) groups excluding carboxylic acids is 1. The second-order valence-electron chi connectivity index (χ2n) is 5.56. The number of phenols is 1. The fourth-order valence-corrected chi connectivity index (χ4v) is 3.89. The maximum absolute atomic E-state index is 11.5. The highest BCUT2D eigenvalue weighted by Gasteiger charge is 2.28. The van der Waals surface area contributed by atoms with Crippen molar-refractivity contribution in [1.82, 2.24) is 5.32 Å². The molecule has 8 nitrogen and oxygen atoms in total. The number of hydrogen-bond donors (Lipinski definition) is 6. The van der Waals surface area contributed by atoms with Crippen LogP contribution in [0, 0.1) is 0 Å². The van der Waals surface area contributed by atoms with Crippen LogP contribution in [0.25, 0.3) is 0 Å². The number of fused-ring (bicyclic) bond motifs is 1. The molecule has 0 spiro atoms. The van der Waals surface area contributed by atoms with Gasteiger partial charge in [0.2, 0.25) is 11.9 Å². The van der Waals surface area contributed by atoms with Gasteiger partial charge in [0.05, 0.1) is 6.42 Å². The molecule has 0 unspecified atom stereocenters. The Balaban J connectivity index is 1.87. The summed E-state index contributed by atoms with van der Waals surface area (Å²) in [5.41, 5.74) is 1.48. The lowest BCUT2D eigenvalue weighted by Crippen LogP contribution is -2.27. The second-order valence-corrected chi connectivity index (χ2v) is 7.65. The Morgan fingerprint density at radius 1 is 1.31 bits per heavy atom. The molecule has 3 rings (SSSR count). The van der Waals surface area contributed by atoms with Crippen molar-refractivity contribution in [3.05, 3.63) is 47.0 Å². The fraction of sp³-hybridized carbons (Fsp3) is 0.125. The zero-order valence-electron chi connectivity index (χ0n) is 13.7. The molecule has 0 fully saturated rings. The van der Waals surface area contributed by atoms with Crippen molar-refractivity contribution >= 4 is 45.6 Å². The Kier molecular flexibility index (Phi) is 4.97. The third-order valence-corrected chi connectivity index (χ3v) is 5.20. The summed E-state index contributed by atoms with van der Waals surface area (Å²) in [6, 6.07) is 9.66. The first-order valence-corrected chi connectivity index (χ1v) is 9.41. The highest BCUT2D eigenvalue weighted by Crippen LogP contribution is 2.57. The Hall–Kier alpha value is -2.46. The van der Waals surface area contributed by atoms with E-state index in [2.05, 4.69) is 20.3 Å². The van der Waals surface area contributed by atoms with Crippen LogP contribution >= 0.6 is 22.4 Å². The topological polar surface area (TPSA) is 126 Å². The van der Waals surface area contributed by atoms with Crippen molar-refractivity contribution in [2.45, 2.75) is 11.3 Å². The molecule has 1 aliphatic rings. The number of aromatic hydroxyl groups is 1. The van der Waals surface area contributed by atoms with E-state index in [9.17, 15) is 19.0 Å². The molecule has 1 aliphatic heterocycles. The molecule has 1 amide bonds. The van der Waals surface area contributed by atoms with Gasteiger partial charge in [-0.1, -0.05) is 34.5 Å². The summed E-state index contributed by atoms with van der Waals surface area (Å²) in [6.07, 6.45) is 0.212. The smallest absolute Gasteiger partial charge is 0.224 e. The lowest BCUT2D eigenvalue weighted by molar-refractivity contribution is -0.119. The third-order valence-electron chi connectivity index (χ3n) is 3.64. The van der Waals surface area contributed by atoms with Gasteiger partial charge in [0.1, 0.15) is 16.3 Å². The van der Waals surface area contributed by atoms with Crippen molar-refractivity contribution in [3.8, 4) is 5.75 Å². The van der Waals surface area contributed by atoms with E-state index >= 15 is 0 Å². The number of anilines is 2. The Morgan fingerprint density at radius 3 is 2.81 bits per heavy atom. The SMILES string of the molecule is CNC(=O)Cc1cccc(NC2=NS(O)(O)c3cc(Cl)cc(O)c3N2)c1. The molecule has 26 heavy (non-hydrogen) atoms. The van der Waals surface area contributed by atoms with Crippen molar-refractivity contribution in [1.29, 1.82) is 0 Å². The van der Waals surface area contributed by atoms with Crippen molar-refractivity contribution in [2.75, 3.05) is 17.7 Å². The predicted molar refractivity (Wildman–Crippen MR) is 103 cm³/mol. The summed E-state index contributed by atoms with van der Waals surface area (Å²) in [6.45, 7) is 0. The largest absolute Gasteiger partial charge is 0.506 e. The number of carbonyl (C=O) groups is 1. The van der Waals surface area contributed by atoms with Crippen molar-refractivity contribution < 1.29 is 19.0 Å². The first-order chi connectivity index (χ1) is 12.3. The van der Waals surface area contributed by atoms with Gasteiger partial charge in [-0.05, 0) is 23.8 Å². The van der Waals surface area contributed by atoms with Gasteiger partial charge in [0.15, 0.2) is 0 Å². The Morgan fingerprint density at radius 2 is 2.08 bits per heavy atom. The molecule has 0 radical (unpaired) electrons. The summed E-state index contributed by atoms with van der Waals surface area (Å²) in [7, 11) is -1.97. The molecular formula is C16H17ClN4O4S. The maximum atomic E-state index is 11.5. The standard InChI is InChI=1S/C16H17ClN4O4S/c1-18-14(23)6-9-3-2-4-11(5-9)19-16-20-15-12(22)7-10(17)8-13(15)26(24,25)21-16/h2-5,7-8,22,24-25H,6H2,1H3,(H,18,23)(H2,19,20,21). The molecule has 10 heteroatoms.